The van der Waals surface area contributed by atoms with Crippen molar-refractivity contribution in [2.75, 3.05) is 6.54 Å². The monoisotopic (exact) mass is 319 g/mol. The van der Waals surface area contributed by atoms with Crippen LogP contribution >= 0.6 is 23.2 Å². The summed E-state index contributed by atoms with van der Waals surface area (Å²) >= 11 is 12.2. The van der Waals surface area contributed by atoms with Crippen LogP contribution in [0.1, 0.15) is 34.8 Å². The highest BCUT2D eigenvalue weighted by Gasteiger charge is 2.31. The third-order valence-electron chi connectivity index (χ3n) is 3.88. The van der Waals surface area contributed by atoms with Gasteiger partial charge in [0.2, 0.25) is 0 Å². The molecule has 1 aliphatic rings. The fourth-order valence-corrected chi connectivity index (χ4v) is 3.24. The number of benzene rings is 2. The van der Waals surface area contributed by atoms with Crippen molar-refractivity contribution in [1.82, 2.24) is 4.90 Å². The Kier molecular flexibility index (Phi) is 4.18. The molecule has 1 fully saturated rings. The minimum atomic E-state index is -0.0474. The van der Waals surface area contributed by atoms with Crippen molar-refractivity contribution in [2.24, 2.45) is 0 Å². The van der Waals surface area contributed by atoms with Gasteiger partial charge in [-0.25, -0.2) is 0 Å². The Morgan fingerprint density at radius 2 is 1.81 bits per heavy atom. The van der Waals surface area contributed by atoms with Crippen LogP contribution in [0, 0.1) is 0 Å². The van der Waals surface area contributed by atoms with Gasteiger partial charge in [-0.3, -0.25) is 4.79 Å². The SMILES string of the molecule is O=C(c1cccc(Cl)c1Cl)N1CCC[C@H]1c1ccccc1. The molecular formula is C17H15Cl2NO. The predicted octanol–water partition coefficient (Wildman–Crippen LogP) is 4.97. The molecule has 2 aromatic carbocycles. The molecule has 21 heavy (non-hydrogen) atoms. The standard InChI is InChI=1S/C17H15Cl2NO/c18-14-9-4-8-13(16(14)19)17(21)20-11-5-10-15(20)12-6-2-1-3-7-12/h1-4,6-9,15H,5,10-11H2/t15-/m0/s1. The van der Waals surface area contributed by atoms with E-state index in [4.69, 9.17) is 23.2 Å². The second-order valence-electron chi connectivity index (χ2n) is 5.17. The average Bonchev–Trinajstić information content (AvgIpc) is 3.00. The van der Waals surface area contributed by atoms with Crippen molar-refractivity contribution < 1.29 is 4.79 Å². The molecule has 0 unspecified atom stereocenters. The zero-order valence-corrected chi connectivity index (χ0v) is 12.9. The summed E-state index contributed by atoms with van der Waals surface area (Å²) in [5.41, 5.74) is 1.65. The highest BCUT2D eigenvalue weighted by atomic mass is 35.5. The third-order valence-corrected chi connectivity index (χ3v) is 4.70. The van der Waals surface area contributed by atoms with Gasteiger partial charge in [0, 0.05) is 6.54 Å². The minimum absolute atomic E-state index is 0.0474. The normalized spacial score (nSPS) is 18.0. The molecule has 0 radical (unpaired) electrons. The van der Waals surface area contributed by atoms with Crippen molar-refractivity contribution in [3.05, 3.63) is 69.7 Å². The van der Waals surface area contributed by atoms with Crippen LogP contribution in [0.25, 0.3) is 0 Å². The number of hydrogen-bond acceptors (Lipinski definition) is 1. The van der Waals surface area contributed by atoms with Crippen LogP contribution in [0.5, 0.6) is 0 Å². The van der Waals surface area contributed by atoms with Gasteiger partial charge in [-0.15, -0.1) is 0 Å². The maximum absolute atomic E-state index is 12.8. The van der Waals surface area contributed by atoms with Gasteiger partial charge in [0.15, 0.2) is 0 Å². The molecule has 1 heterocycles. The quantitative estimate of drug-likeness (QED) is 0.765. The lowest BCUT2D eigenvalue weighted by Crippen LogP contribution is -2.30. The van der Waals surface area contributed by atoms with E-state index in [1.807, 2.05) is 23.1 Å². The number of amides is 1. The Morgan fingerprint density at radius 3 is 2.57 bits per heavy atom. The Bertz CT molecular complexity index is 657. The molecule has 1 atom stereocenters. The number of halogens is 2. The van der Waals surface area contributed by atoms with Gasteiger partial charge in [-0.1, -0.05) is 59.6 Å². The van der Waals surface area contributed by atoms with E-state index in [2.05, 4.69) is 12.1 Å². The molecule has 1 aliphatic heterocycles. The molecule has 0 bridgehead atoms. The molecule has 0 spiro atoms. The fourth-order valence-electron chi connectivity index (χ4n) is 2.86. The summed E-state index contributed by atoms with van der Waals surface area (Å²) in [4.78, 5) is 14.7. The van der Waals surface area contributed by atoms with Crippen molar-refractivity contribution >= 4 is 29.1 Å². The number of likely N-dealkylation sites (tertiary alicyclic amines) is 1. The van der Waals surface area contributed by atoms with Crippen LogP contribution in [0.3, 0.4) is 0 Å². The van der Waals surface area contributed by atoms with Gasteiger partial charge in [-0.05, 0) is 30.5 Å². The highest BCUT2D eigenvalue weighted by molar-refractivity contribution is 6.43. The minimum Gasteiger partial charge on any atom is -0.332 e. The van der Waals surface area contributed by atoms with E-state index in [1.54, 1.807) is 18.2 Å². The van der Waals surface area contributed by atoms with E-state index >= 15 is 0 Å². The van der Waals surface area contributed by atoms with Gasteiger partial charge < -0.3 is 4.90 Å². The first-order valence-corrected chi connectivity index (χ1v) is 7.74. The molecule has 4 heteroatoms. The largest absolute Gasteiger partial charge is 0.332 e. The zero-order valence-electron chi connectivity index (χ0n) is 11.4. The van der Waals surface area contributed by atoms with Crippen LogP contribution in [-0.4, -0.2) is 17.4 Å². The van der Waals surface area contributed by atoms with Gasteiger partial charge in [-0.2, -0.15) is 0 Å². The first-order valence-electron chi connectivity index (χ1n) is 6.98. The summed E-state index contributed by atoms with van der Waals surface area (Å²) in [6.45, 7) is 0.751. The second kappa shape index (κ2) is 6.08. The average molecular weight is 320 g/mol. The molecule has 1 saturated heterocycles. The molecule has 0 N–H and O–H groups in total. The molecule has 3 rings (SSSR count). The molecule has 2 aromatic rings. The van der Waals surface area contributed by atoms with E-state index in [9.17, 15) is 4.79 Å². The van der Waals surface area contributed by atoms with E-state index in [1.165, 1.54) is 5.56 Å². The zero-order chi connectivity index (χ0) is 14.8. The molecule has 2 nitrogen and oxygen atoms in total. The summed E-state index contributed by atoms with van der Waals surface area (Å²) in [5, 5.41) is 0.751. The molecule has 0 saturated carbocycles. The lowest BCUT2D eigenvalue weighted by Gasteiger charge is -2.25. The van der Waals surface area contributed by atoms with Crippen LogP contribution in [-0.2, 0) is 0 Å². The predicted molar refractivity (Wildman–Crippen MR) is 85.9 cm³/mol. The van der Waals surface area contributed by atoms with Crippen molar-refractivity contribution in [3.63, 3.8) is 0 Å². The number of carbonyl (C=O) groups excluding carboxylic acids is 1. The molecule has 0 aliphatic carbocycles. The summed E-state index contributed by atoms with van der Waals surface area (Å²) in [6.07, 6.45) is 1.98. The Morgan fingerprint density at radius 1 is 1.05 bits per heavy atom. The third kappa shape index (κ3) is 2.78. The molecule has 1 amide bonds. The Balaban J connectivity index is 1.92. The van der Waals surface area contributed by atoms with Crippen LogP contribution in [0.4, 0.5) is 0 Å². The topological polar surface area (TPSA) is 20.3 Å². The van der Waals surface area contributed by atoms with Gasteiger partial charge >= 0.3 is 0 Å². The van der Waals surface area contributed by atoms with E-state index < -0.39 is 0 Å². The Hall–Kier alpha value is -1.51. The van der Waals surface area contributed by atoms with Gasteiger partial charge in [0.1, 0.15) is 0 Å². The van der Waals surface area contributed by atoms with Crippen LogP contribution in [0.2, 0.25) is 10.0 Å². The summed E-state index contributed by atoms with van der Waals surface area (Å²) in [5.74, 6) is -0.0474. The molecule has 108 valence electrons. The number of nitrogens with zero attached hydrogens (tertiary/aromatic N) is 1. The van der Waals surface area contributed by atoms with Crippen molar-refractivity contribution in [3.8, 4) is 0 Å². The summed E-state index contributed by atoms with van der Waals surface area (Å²) in [6, 6.07) is 15.4. The lowest BCUT2D eigenvalue weighted by molar-refractivity contribution is 0.0736. The molecule has 0 aromatic heterocycles. The maximum Gasteiger partial charge on any atom is 0.255 e. The van der Waals surface area contributed by atoms with Crippen molar-refractivity contribution in [1.29, 1.82) is 0 Å². The van der Waals surface area contributed by atoms with Crippen molar-refractivity contribution in [2.45, 2.75) is 18.9 Å². The smallest absolute Gasteiger partial charge is 0.255 e. The number of hydrogen-bond donors (Lipinski definition) is 0. The van der Waals surface area contributed by atoms with E-state index in [0.717, 1.165) is 19.4 Å². The number of carbonyl (C=O) groups is 1. The second-order valence-corrected chi connectivity index (χ2v) is 5.95. The fraction of sp³-hybridized carbons (Fsp3) is 0.235. The van der Waals surface area contributed by atoms with Crippen LogP contribution in [0.15, 0.2) is 48.5 Å². The first-order chi connectivity index (χ1) is 10.2. The molecular weight excluding hydrogens is 305 g/mol. The van der Waals surface area contributed by atoms with Gasteiger partial charge in [0.05, 0.1) is 21.7 Å². The maximum atomic E-state index is 12.8. The summed E-state index contributed by atoms with van der Waals surface area (Å²) < 4.78 is 0. The van der Waals surface area contributed by atoms with Gasteiger partial charge in [0.25, 0.3) is 5.91 Å². The number of rotatable bonds is 2. The Labute approximate surface area is 134 Å². The van der Waals surface area contributed by atoms with Crippen LogP contribution < -0.4 is 0 Å². The lowest BCUT2D eigenvalue weighted by atomic mass is 10.0. The summed E-state index contributed by atoms with van der Waals surface area (Å²) in [7, 11) is 0. The highest BCUT2D eigenvalue weighted by Crippen LogP contribution is 2.35. The van der Waals surface area contributed by atoms with E-state index in [-0.39, 0.29) is 11.9 Å². The van der Waals surface area contributed by atoms with E-state index in [0.29, 0.717) is 15.6 Å². The first kappa shape index (κ1) is 14.4.